The van der Waals surface area contributed by atoms with Crippen LogP contribution in [0.5, 0.6) is 11.5 Å². The predicted octanol–water partition coefficient (Wildman–Crippen LogP) is 4.99. The maximum absolute atomic E-state index is 13.8. The van der Waals surface area contributed by atoms with Crippen molar-refractivity contribution in [3.8, 4) is 11.5 Å². The predicted molar refractivity (Wildman–Crippen MR) is 89.2 cm³/mol. The van der Waals surface area contributed by atoms with Crippen molar-refractivity contribution in [2.45, 2.75) is 25.3 Å². The Morgan fingerprint density at radius 1 is 1.12 bits per heavy atom. The zero-order chi connectivity index (χ0) is 18.9. The standard InChI is InChI=1S/C18H16ClF4NO2/c1-10(11-2-4-14(15(20)6-11)18(21,22)23)25-16-5-3-12(19)7-17(16)26-13-8-24-9-13/h2-7,10,13,24H,8-9H2,1H3. The minimum Gasteiger partial charge on any atom is -0.484 e. The van der Waals surface area contributed by atoms with Gasteiger partial charge in [-0.05, 0) is 36.8 Å². The molecule has 140 valence electrons. The molecule has 8 heteroatoms. The Labute approximate surface area is 152 Å². The van der Waals surface area contributed by atoms with E-state index in [1.165, 1.54) is 6.07 Å². The molecule has 1 saturated heterocycles. The van der Waals surface area contributed by atoms with Gasteiger partial charge < -0.3 is 14.8 Å². The highest BCUT2D eigenvalue weighted by molar-refractivity contribution is 6.30. The van der Waals surface area contributed by atoms with Gasteiger partial charge in [0, 0.05) is 24.2 Å². The molecule has 3 rings (SSSR count). The number of alkyl halides is 3. The van der Waals surface area contributed by atoms with Crippen LogP contribution in [0.2, 0.25) is 5.02 Å². The number of benzene rings is 2. The Balaban J connectivity index is 1.79. The SMILES string of the molecule is CC(Oc1ccc(Cl)cc1OC1CNC1)c1ccc(C(F)(F)F)c(F)c1. The Hall–Kier alpha value is -1.99. The lowest BCUT2D eigenvalue weighted by Crippen LogP contribution is -2.50. The Morgan fingerprint density at radius 3 is 2.42 bits per heavy atom. The molecule has 0 aromatic heterocycles. The molecule has 1 aliphatic rings. The summed E-state index contributed by atoms with van der Waals surface area (Å²) in [4.78, 5) is 0. The second-order valence-electron chi connectivity index (χ2n) is 5.99. The third-order valence-electron chi connectivity index (χ3n) is 4.02. The van der Waals surface area contributed by atoms with E-state index in [9.17, 15) is 17.6 Å². The van der Waals surface area contributed by atoms with Crippen LogP contribution in [-0.4, -0.2) is 19.2 Å². The van der Waals surface area contributed by atoms with Crippen molar-refractivity contribution in [1.29, 1.82) is 0 Å². The smallest absolute Gasteiger partial charge is 0.419 e. The average Bonchev–Trinajstić information content (AvgIpc) is 2.51. The maximum Gasteiger partial charge on any atom is 0.419 e. The van der Waals surface area contributed by atoms with Gasteiger partial charge in [0.05, 0.1) is 5.56 Å². The van der Waals surface area contributed by atoms with E-state index < -0.39 is 23.7 Å². The molecule has 1 N–H and O–H groups in total. The zero-order valence-electron chi connectivity index (χ0n) is 13.7. The van der Waals surface area contributed by atoms with Gasteiger partial charge in [-0.3, -0.25) is 0 Å². The van der Waals surface area contributed by atoms with Crippen LogP contribution in [0.15, 0.2) is 36.4 Å². The molecule has 0 saturated carbocycles. The van der Waals surface area contributed by atoms with Crippen molar-refractivity contribution >= 4 is 11.6 Å². The minimum atomic E-state index is -4.74. The molecule has 2 aromatic rings. The lowest BCUT2D eigenvalue weighted by molar-refractivity contribution is -0.140. The van der Waals surface area contributed by atoms with Gasteiger partial charge in [-0.15, -0.1) is 0 Å². The summed E-state index contributed by atoms with van der Waals surface area (Å²) >= 11 is 5.99. The summed E-state index contributed by atoms with van der Waals surface area (Å²) in [5, 5.41) is 3.54. The Morgan fingerprint density at radius 2 is 1.85 bits per heavy atom. The van der Waals surface area contributed by atoms with Gasteiger partial charge in [0.2, 0.25) is 0 Å². The van der Waals surface area contributed by atoms with E-state index in [1.807, 2.05) is 0 Å². The van der Waals surface area contributed by atoms with Crippen LogP contribution in [0.3, 0.4) is 0 Å². The third kappa shape index (κ3) is 4.22. The van der Waals surface area contributed by atoms with Crippen LogP contribution >= 0.6 is 11.6 Å². The van der Waals surface area contributed by atoms with E-state index in [-0.39, 0.29) is 11.7 Å². The summed E-state index contributed by atoms with van der Waals surface area (Å²) in [7, 11) is 0. The lowest BCUT2D eigenvalue weighted by Gasteiger charge is -2.29. The molecular weight excluding hydrogens is 374 g/mol. The van der Waals surface area contributed by atoms with E-state index in [2.05, 4.69) is 5.32 Å². The molecule has 1 atom stereocenters. The summed E-state index contributed by atoms with van der Waals surface area (Å²) in [6.07, 6.45) is -5.43. The molecule has 3 nitrogen and oxygen atoms in total. The molecular formula is C18H16ClF4NO2. The molecule has 26 heavy (non-hydrogen) atoms. The molecule has 1 fully saturated rings. The average molecular weight is 390 g/mol. The van der Waals surface area contributed by atoms with E-state index in [0.29, 0.717) is 35.7 Å². The quantitative estimate of drug-likeness (QED) is 0.731. The fourth-order valence-corrected chi connectivity index (χ4v) is 2.63. The van der Waals surface area contributed by atoms with Crippen LogP contribution in [-0.2, 0) is 6.18 Å². The molecule has 0 radical (unpaired) electrons. The van der Waals surface area contributed by atoms with Crippen molar-refractivity contribution in [3.05, 3.63) is 58.4 Å². The van der Waals surface area contributed by atoms with Gasteiger partial charge in [-0.1, -0.05) is 17.7 Å². The van der Waals surface area contributed by atoms with Crippen molar-refractivity contribution < 1.29 is 27.0 Å². The van der Waals surface area contributed by atoms with Crippen LogP contribution in [0.25, 0.3) is 0 Å². The second kappa shape index (κ2) is 7.32. The minimum absolute atomic E-state index is 0.00497. The largest absolute Gasteiger partial charge is 0.484 e. The first kappa shape index (κ1) is 18.8. The molecule has 2 aromatic carbocycles. The second-order valence-corrected chi connectivity index (χ2v) is 6.42. The number of rotatable bonds is 5. The van der Waals surface area contributed by atoms with Crippen LogP contribution in [0.1, 0.15) is 24.2 Å². The number of hydrogen-bond acceptors (Lipinski definition) is 3. The Kier molecular flexibility index (Phi) is 5.29. The molecule has 0 amide bonds. The van der Waals surface area contributed by atoms with Gasteiger partial charge in [0.15, 0.2) is 11.5 Å². The van der Waals surface area contributed by atoms with Crippen LogP contribution in [0.4, 0.5) is 17.6 Å². The monoisotopic (exact) mass is 389 g/mol. The van der Waals surface area contributed by atoms with E-state index >= 15 is 0 Å². The van der Waals surface area contributed by atoms with E-state index in [1.54, 1.807) is 25.1 Å². The Bertz CT molecular complexity index is 793. The van der Waals surface area contributed by atoms with E-state index in [4.69, 9.17) is 21.1 Å². The summed E-state index contributed by atoms with van der Waals surface area (Å²) < 4.78 is 63.4. The highest BCUT2D eigenvalue weighted by Crippen LogP contribution is 2.36. The molecule has 0 spiro atoms. The van der Waals surface area contributed by atoms with Crippen molar-refractivity contribution in [2.24, 2.45) is 0 Å². The van der Waals surface area contributed by atoms with Gasteiger partial charge in [-0.2, -0.15) is 13.2 Å². The van der Waals surface area contributed by atoms with Gasteiger partial charge >= 0.3 is 6.18 Å². The third-order valence-corrected chi connectivity index (χ3v) is 4.25. The summed E-state index contributed by atoms with van der Waals surface area (Å²) in [6, 6.07) is 7.57. The molecule has 1 aliphatic heterocycles. The maximum atomic E-state index is 13.8. The molecule has 0 bridgehead atoms. The van der Waals surface area contributed by atoms with Crippen molar-refractivity contribution in [1.82, 2.24) is 5.32 Å². The van der Waals surface area contributed by atoms with Gasteiger partial charge in [0.1, 0.15) is 18.0 Å². The summed E-state index contributed by atoms with van der Waals surface area (Å²) in [5.41, 5.74) is -1.02. The van der Waals surface area contributed by atoms with Crippen molar-refractivity contribution in [3.63, 3.8) is 0 Å². The number of ether oxygens (including phenoxy) is 2. The van der Waals surface area contributed by atoms with Gasteiger partial charge in [-0.25, -0.2) is 4.39 Å². The highest BCUT2D eigenvalue weighted by Gasteiger charge is 2.34. The number of hydrogen-bond donors (Lipinski definition) is 1. The number of halogens is 5. The summed E-state index contributed by atoms with van der Waals surface area (Å²) in [5.74, 6) is -0.518. The van der Waals surface area contributed by atoms with Crippen LogP contribution < -0.4 is 14.8 Å². The molecule has 1 heterocycles. The molecule has 1 unspecified atom stereocenters. The fourth-order valence-electron chi connectivity index (χ4n) is 2.47. The highest BCUT2D eigenvalue weighted by atomic mass is 35.5. The normalized spacial score (nSPS) is 16.1. The lowest BCUT2D eigenvalue weighted by atomic mass is 10.1. The summed E-state index contributed by atoms with van der Waals surface area (Å²) in [6.45, 7) is 3.02. The fraction of sp³-hybridized carbons (Fsp3) is 0.333. The van der Waals surface area contributed by atoms with E-state index in [0.717, 1.165) is 6.07 Å². The first-order chi connectivity index (χ1) is 12.2. The zero-order valence-corrected chi connectivity index (χ0v) is 14.5. The topological polar surface area (TPSA) is 30.5 Å². The number of nitrogens with one attached hydrogen (secondary N) is 1. The first-order valence-electron chi connectivity index (χ1n) is 7.94. The van der Waals surface area contributed by atoms with Crippen molar-refractivity contribution in [2.75, 3.05) is 13.1 Å². The molecule has 0 aliphatic carbocycles. The first-order valence-corrected chi connectivity index (χ1v) is 8.32. The van der Waals surface area contributed by atoms with Gasteiger partial charge in [0.25, 0.3) is 0 Å². The van der Waals surface area contributed by atoms with Crippen LogP contribution in [0, 0.1) is 5.82 Å².